The first-order valence-electron chi connectivity index (χ1n) is 8.47. The number of thioether (sulfide) groups is 1. The van der Waals surface area contributed by atoms with Crippen LogP contribution in [-0.4, -0.2) is 22.6 Å². The van der Waals surface area contributed by atoms with E-state index in [9.17, 15) is 9.59 Å². The van der Waals surface area contributed by atoms with E-state index in [-0.39, 0.29) is 11.2 Å². The lowest BCUT2D eigenvalue weighted by molar-refractivity contribution is -0.141. The molecule has 0 saturated heterocycles. The van der Waals surface area contributed by atoms with Gasteiger partial charge in [0.15, 0.2) is 0 Å². The molecule has 0 unspecified atom stereocenters. The second kappa shape index (κ2) is 5.69. The van der Waals surface area contributed by atoms with E-state index >= 15 is 0 Å². The molecule has 124 valence electrons. The molecular formula is C18H22O4S. The number of carbonyl (C=O) groups excluding carboxylic acids is 1. The van der Waals surface area contributed by atoms with Crippen LogP contribution in [0.5, 0.6) is 0 Å². The van der Waals surface area contributed by atoms with Crippen LogP contribution in [0.25, 0.3) is 0 Å². The molecule has 4 fully saturated rings. The summed E-state index contributed by atoms with van der Waals surface area (Å²) in [5.41, 5.74) is -0.0306. The van der Waals surface area contributed by atoms with Gasteiger partial charge in [0, 0.05) is 5.41 Å². The molecule has 1 aromatic rings. The van der Waals surface area contributed by atoms with E-state index in [4.69, 9.17) is 9.52 Å². The Hall–Kier alpha value is -1.23. The second-order valence-corrected chi connectivity index (χ2v) is 8.67. The van der Waals surface area contributed by atoms with Gasteiger partial charge in [0.25, 0.3) is 0 Å². The molecule has 0 aliphatic heterocycles. The highest BCUT2D eigenvalue weighted by Gasteiger charge is 2.53. The molecule has 5 heteroatoms. The zero-order valence-electron chi connectivity index (χ0n) is 13.1. The van der Waals surface area contributed by atoms with Crippen LogP contribution in [0, 0.1) is 23.2 Å². The van der Waals surface area contributed by atoms with Crippen LogP contribution in [-0.2, 0) is 10.5 Å². The molecule has 1 N–H and O–H groups in total. The molecule has 5 rings (SSSR count). The van der Waals surface area contributed by atoms with Gasteiger partial charge in [-0.05, 0) is 68.4 Å². The summed E-state index contributed by atoms with van der Waals surface area (Å²) in [4.78, 5) is 23.7. The first-order chi connectivity index (χ1) is 11.0. The molecule has 0 radical (unpaired) electrons. The normalized spacial score (nSPS) is 34.7. The minimum absolute atomic E-state index is 0.0306. The Kier molecular flexibility index (Phi) is 3.79. The number of carbonyl (C=O) groups is 2. The van der Waals surface area contributed by atoms with Crippen LogP contribution >= 0.6 is 11.8 Å². The summed E-state index contributed by atoms with van der Waals surface area (Å²) in [5, 5.41) is 8.85. The van der Waals surface area contributed by atoms with Crippen LogP contribution in [0.4, 0.5) is 0 Å². The zero-order valence-corrected chi connectivity index (χ0v) is 13.9. The maximum atomic E-state index is 12.9. The van der Waals surface area contributed by atoms with Gasteiger partial charge in [0.2, 0.25) is 5.76 Å². The number of Topliss-reactive ketones (excluding diaryl/α,β-unsaturated/α-hetero) is 1. The number of carboxylic acids is 1. The lowest BCUT2D eigenvalue weighted by Gasteiger charge is -2.56. The van der Waals surface area contributed by atoms with Crippen molar-refractivity contribution >= 4 is 23.5 Å². The Morgan fingerprint density at radius 1 is 1.13 bits per heavy atom. The standard InChI is InChI=1S/C18H22O4S/c19-16(10-23-9-14-1-2-15(22-14)17(20)21)18-6-11-3-12(7-18)5-13(4-11)8-18/h1-2,11-13H,3-10H2,(H,20,21). The van der Waals surface area contributed by atoms with Gasteiger partial charge in [-0.2, -0.15) is 0 Å². The van der Waals surface area contributed by atoms with Gasteiger partial charge in [0.05, 0.1) is 11.5 Å². The van der Waals surface area contributed by atoms with E-state index < -0.39 is 5.97 Å². The third-order valence-corrected chi connectivity index (χ3v) is 6.93. The monoisotopic (exact) mass is 334 g/mol. The van der Waals surface area contributed by atoms with Gasteiger partial charge in [-0.1, -0.05) is 0 Å². The maximum absolute atomic E-state index is 12.9. The van der Waals surface area contributed by atoms with Crippen molar-refractivity contribution in [2.75, 3.05) is 5.75 Å². The van der Waals surface area contributed by atoms with Crippen molar-refractivity contribution in [2.45, 2.75) is 44.3 Å². The van der Waals surface area contributed by atoms with Crippen LogP contribution < -0.4 is 0 Å². The van der Waals surface area contributed by atoms with Crippen LogP contribution in [0.2, 0.25) is 0 Å². The Balaban J connectivity index is 1.34. The van der Waals surface area contributed by atoms with Crippen LogP contribution in [0.3, 0.4) is 0 Å². The molecule has 0 spiro atoms. The van der Waals surface area contributed by atoms with Crippen molar-refractivity contribution in [3.8, 4) is 0 Å². The SMILES string of the molecule is O=C(O)c1ccc(CSCC(=O)C23CC4CC(CC(C4)C2)C3)o1. The quantitative estimate of drug-likeness (QED) is 0.852. The summed E-state index contributed by atoms with van der Waals surface area (Å²) in [7, 11) is 0. The van der Waals surface area contributed by atoms with E-state index in [1.807, 2.05) is 0 Å². The third-order valence-electron chi connectivity index (χ3n) is 5.98. The Morgan fingerprint density at radius 3 is 2.26 bits per heavy atom. The number of carboxylic acid groups (broad SMARTS) is 1. The van der Waals surface area contributed by atoms with E-state index in [1.54, 1.807) is 17.8 Å². The highest BCUT2D eigenvalue weighted by atomic mass is 32.2. The minimum atomic E-state index is -1.05. The Labute approximate surface area is 140 Å². The number of rotatable bonds is 6. The molecule has 4 nitrogen and oxygen atoms in total. The molecule has 4 aliphatic carbocycles. The van der Waals surface area contributed by atoms with Crippen molar-refractivity contribution in [1.82, 2.24) is 0 Å². The molecule has 4 bridgehead atoms. The predicted molar refractivity (Wildman–Crippen MR) is 87.4 cm³/mol. The molecule has 4 saturated carbocycles. The summed E-state index contributed by atoms with van der Waals surface area (Å²) in [5.74, 6) is 3.42. The van der Waals surface area contributed by atoms with Gasteiger partial charge in [-0.3, -0.25) is 4.79 Å². The maximum Gasteiger partial charge on any atom is 0.371 e. The lowest BCUT2D eigenvalue weighted by atomic mass is 9.48. The summed E-state index contributed by atoms with van der Waals surface area (Å²) < 4.78 is 5.24. The van der Waals surface area contributed by atoms with Crippen molar-refractivity contribution in [2.24, 2.45) is 23.2 Å². The molecule has 0 aromatic carbocycles. The summed E-state index contributed by atoms with van der Waals surface area (Å²) in [6.07, 6.45) is 7.39. The highest BCUT2D eigenvalue weighted by molar-refractivity contribution is 7.99. The molecule has 0 amide bonds. The number of ketones is 1. The van der Waals surface area contributed by atoms with Crippen molar-refractivity contribution < 1.29 is 19.1 Å². The molecule has 1 heterocycles. The predicted octanol–water partition coefficient (Wildman–Crippen LogP) is 4.00. The van der Waals surface area contributed by atoms with Gasteiger partial charge < -0.3 is 9.52 Å². The molecule has 1 aromatic heterocycles. The van der Waals surface area contributed by atoms with E-state index in [0.717, 1.165) is 37.0 Å². The second-order valence-electron chi connectivity index (χ2n) is 7.68. The molecule has 0 atom stereocenters. The topological polar surface area (TPSA) is 67.5 Å². The first kappa shape index (κ1) is 15.3. The lowest BCUT2D eigenvalue weighted by Crippen LogP contribution is -2.50. The van der Waals surface area contributed by atoms with Crippen molar-refractivity contribution in [1.29, 1.82) is 0 Å². The number of furan rings is 1. The van der Waals surface area contributed by atoms with E-state index in [2.05, 4.69) is 0 Å². The highest BCUT2D eigenvalue weighted by Crippen LogP contribution is 2.60. The molecule has 4 aliphatic rings. The summed E-state index contributed by atoms with van der Waals surface area (Å²) >= 11 is 1.55. The number of hydrogen-bond donors (Lipinski definition) is 1. The van der Waals surface area contributed by atoms with Crippen LogP contribution in [0.15, 0.2) is 16.5 Å². The van der Waals surface area contributed by atoms with Crippen molar-refractivity contribution in [3.63, 3.8) is 0 Å². The average molecular weight is 334 g/mol. The van der Waals surface area contributed by atoms with Crippen molar-refractivity contribution in [3.05, 3.63) is 23.7 Å². The first-order valence-corrected chi connectivity index (χ1v) is 9.62. The fourth-order valence-electron chi connectivity index (χ4n) is 5.42. The van der Waals surface area contributed by atoms with Crippen LogP contribution in [0.1, 0.15) is 54.8 Å². The molecular weight excluding hydrogens is 312 g/mol. The van der Waals surface area contributed by atoms with Gasteiger partial charge in [0.1, 0.15) is 11.5 Å². The van der Waals surface area contributed by atoms with E-state index in [1.165, 1.54) is 25.3 Å². The van der Waals surface area contributed by atoms with Gasteiger partial charge in [-0.15, -0.1) is 11.8 Å². The number of aromatic carboxylic acids is 1. The number of hydrogen-bond acceptors (Lipinski definition) is 4. The summed E-state index contributed by atoms with van der Waals surface area (Å²) in [6.45, 7) is 0. The molecule has 23 heavy (non-hydrogen) atoms. The van der Waals surface area contributed by atoms with Gasteiger partial charge in [-0.25, -0.2) is 4.79 Å². The summed E-state index contributed by atoms with van der Waals surface area (Å²) in [6, 6.07) is 3.16. The Bertz CT molecular complexity index is 597. The van der Waals surface area contributed by atoms with Gasteiger partial charge >= 0.3 is 5.97 Å². The fraction of sp³-hybridized carbons (Fsp3) is 0.667. The fourth-order valence-corrected chi connectivity index (χ4v) is 6.37. The largest absolute Gasteiger partial charge is 0.475 e. The van der Waals surface area contributed by atoms with E-state index in [0.29, 0.717) is 23.0 Å². The smallest absolute Gasteiger partial charge is 0.371 e. The zero-order chi connectivity index (χ0) is 16.0. The average Bonchev–Trinajstić information content (AvgIpc) is 2.95. The minimum Gasteiger partial charge on any atom is -0.475 e. The Morgan fingerprint density at radius 2 is 1.74 bits per heavy atom. The third kappa shape index (κ3) is 2.84.